The first-order chi connectivity index (χ1) is 2.27. The minimum atomic E-state index is 0. The number of hydrogen-bond acceptors (Lipinski definition) is 0. The Bertz CT molecular complexity index is 76.4. The summed E-state index contributed by atoms with van der Waals surface area (Å²) < 4.78 is 0. The molecule has 0 nitrogen and oxygen atoms in total. The fourth-order valence-corrected chi connectivity index (χ4v) is 0. The van der Waals surface area contributed by atoms with Gasteiger partial charge in [0.2, 0.25) is 0 Å². The van der Waals surface area contributed by atoms with Crippen LogP contribution in [0.4, 0.5) is 0 Å². The summed E-state index contributed by atoms with van der Waals surface area (Å²) in [6, 6.07) is 0. The molecule has 0 amide bonds. The zero-order valence-corrected chi connectivity index (χ0v) is 7.33. The second-order valence-electron chi connectivity index (χ2n) is 0.905. The van der Waals surface area contributed by atoms with E-state index in [-0.39, 0.29) is 51.4 Å². The van der Waals surface area contributed by atoms with Crippen LogP contribution >= 0.6 is 0 Å². The van der Waals surface area contributed by atoms with Gasteiger partial charge in [-0.1, -0.05) is 0 Å². The van der Waals surface area contributed by atoms with Gasteiger partial charge in [-0.2, -0.15) is 12.2 Å². The van der Waals surface area contributed by atoms with E-state index < -0.39 is 0 Å². The van der Waals surface area contributed by atoms with Crippen molar-refractivity contribution in [1.82, 2.24) is 0 Å². The normalized spacial score (nSPS) is 4.67. The molecule has 0 aromatic carbocycles. The fraction of sp³-hybridized carbons (Fsp3) is 0.200. The predicted molar refractivity (Wildman–Crippen MR) is 21.9 cm³/mol. The molecule has 0 aliphatic heterocycles. The molecule has 0 heterocycles. The Balaban J connectivity index is 0. The number of rotatable bonds is 0. The van der Waals surface area contributed by atoms with Gasteiger partial charge < -0.3 is 6.42 Å². The molecule has 0 rings (SSSR count). The quantitative estimate of drug-likeness (QED) is 0.192. The minimum Gasteiger partial charge on any atom is -0.366 e. The molecule has 0 saturated carbocycles. The van der Waals surface area contributed by atoms with Gasteiger partial charge in [0.05, 0.1) is 0 Å². The van der Waals surface area contributed by atoms with Crippen molar-refractivity contribution < 1.29 is 51.4 Å². The Kier molecular flexibility index (Phi) is 9.92. The van der Waals surface area contributed by atoms with E-state index >= 15 is 0 Å². The summed E-state index contributed by atoms with van der Waals surface area (Å²) in [5.41, 5.74) is 0.671. The van der Waals surface area contributed by atoms with Crippen molar-refractivity contribution in [1.29, 1.82) is 0 Å². The van der Waals surface area contributed by atoms with Crippen LogP contribution in [0.5, 0.6) is 0 Å². The van der Waals surface area contributed by atoms with Crippen LogP contribution in [0.1, 0.15) is 6.92 Å². The molecule has 0 bridgehead atoms. The average Bonchev–Trinajstić information content (AvgIpc) is 1.38. The molecule has 0 aromatic heterocycles. The molecular weight excluding hydrogens is 99.2 g/mol. The minimum absolute atomic E-state index is 0. The van der Waals surface area contributed by atoms with Gasteiger partial charge in [-0.05, 0) is 0 Å². The van der Waals surface area contributed by atoms with Gasteiger partial charge in [0.15, 0.2) is 0 Å². The van der Waals surface area contributed by atoms with E-state index in [2.05, 4.69) is 12.5 Å². The Hall–Kier alpha value is 0.936. The summed E-state index contributed by atoms with van der Waals surface area (Å²) in [6.45, 7) is 5.10. The molecule has 6 heavy (non-hydrogen) atoms. The summed E-state index contributed by atoms with van der Waals surface area (Å²) in [5.74, 6) is 2.08. The molecule has 0 N–H and O–H groups in total. The van der Waals surface area contributed by atoms with E-state index in [1.165, 1.54) is 0 Å². The third kappa shape index (κ3) is 8.87. The number of allylic oxidation sites excluding steroid dienone is 1. The van der Waals surface area contributed by atoms with Crippen molar-refractivity contribution in [3.8, 4) is 5.92 Å². The Morgan fingerprint density at radius 3 is 2.00 bits per heavy atom. The van der Waals surface area contributed by atoms with Crippen molar-refractivity contribution in [3.05, 3.63) is 18.6 Å². The molecule has 0 aromatic rings. The van der Waals surface area contributed by atoms with Crippen LogP contribution in [0.15, 0.2) is 12.2 Å². The van der Waals surface area contributed by atoms with Gasteiger partial charge in [0, 0.05) is 0 Å². The van der Waals surface area contributed by atoms with E-state index in [9.17, 15) is 0 Å². The third-order valence-electron chi connectivity index (χ3n) is 0.213. The fourth-order valence-electron chi connectivity index (χ4n) is 0. The zero-order valence-electron chi connectivity index (χ0n) is 4.21. The van der Waals surface area contributed by atoms with Crippen molar-refractivity contribution >= 4 is 0 Å². The summed E-state index contributed by atoms with van der Waals surface area (Å²) in [4.78, 5) is 0. The van der Waals surface area contributed by atoms with E-state index in [0.29, 0.717) is 5.57 Å². The van der Waals surface area contributed by atoms with E-state index in [1.54, 1.807) is 6.92 Å². The Morgan fingerprint density at radius 1 is 1.83 bits per heavy atom. The number of hydrogen-bond donors (Lipinski definition) is 0. The van der Waals surface area contributed by atoms with Crippen LogP contribution in [0.3, 0.4) is 0 Å². The van der Waals surface area contributed by atoms with Crippen molar-refractivity contribution in [3.63, 3.8) is 0 Å². The smallest absolute Gasteiger partial charge is 0.366 e. The first kappa shape index (κ1) is 10.0. The SMILES string of the molecule is [C-]#CC(=C)C.[K+]. The molecule has 0 fully saturated rings. The van der Waals surface area contributed by atoms with Gasteiger partial charge in [-0.15, -0.1) is 6.92 Å². The van der Waals surface area contributed by atoms with Gasteiger partial charge >= 0.3 is 51.4 Å². The molecule has 0 radical (unpaired) electrons. The molecule has 26 valence electrons. The molecular formula is C5H5K. The van der Waals surface area contributed by atoms with Crippen LogP contribution in [-0.2, 0) is 0 Å². The van der Waals surface area contributed by atoms with Crippen LogP contribution in [0, 0.1) is 12.3 Å². The van der Waals surface area contributed by atoms with Gasteiger partial charge in [-0.25, -0.2) is 0 Å². The monoisotopic (exact) mass is 104 g/mol. The largest absolute Gasteiger partial charge is 1.00 e. The average molecular weight is 104 g/mol. The second-order valence-corrected chi connectivity index (χ2v) is 0.905. The Morgan fingerprint density at radius 2 is 2.00 bits per heavy atom. The van der Waals surface area contributed by atoms with Crippen LogP contribution in [0.25, 0.3) is 0 Å². The standard InChI is InChI=1S/C5H5.K/c1-4-5(2)3;/h2H2,3H3;/q-1;+1. The van der Waals surface area contributed by atoms with Crippen molar-refractivity contribution in [2.45, 2.75) is 6.92 Å². The van der Waals surface area contributed by atoms with Gasteiger partial charge in [0.1, 0.15) is 0 Å². The zero-order chi connectivity index (χ0) is 4.28. The molecule has 0 spiro atoms. The topological polar surface area (TPSA) is 0 Å². The maximum absolute atomic E-state index is 6.31. The molecule has 1 heteroatoms. The van der Waals surface area contributed by atoms with E-state index in [0.717, 1.165) is 0 Å². The van der Waals surface area contributed by atoms with Crippen LogP contribution in [-0.4, -0.2) is 0 Å². The Labute approximate surface area is 81.4 Å². The van der Waals surface area contributed by atoms with Crippen molar-refractivity contribution in [2.24, 2.45) is 0 Å². The molecule has 0 aliphatic rings. The summed E-state index contributed by atoms with van der Waals surface area (Å²) >= 11 is 0. The van der Waals surface area contributed by atoms with E-state index in [1.807, 2.05) is 0 Å². The molecule has 0 aliphatic carbocycles. The van der Waals surface area contributed by atoms with Gasteiger partial charge in [-0.3, -0.25) is 5.92 Å². The predicted octanol–water partition coefficient (Wildman–Crippen LogP) is -1.84. The van der Waals surface area contributed by atoms with Crippen LogP contribution < -0.4 is 51.4 Å². The third-order valence-corrected chi connectivity index (χ3v) is 0.213. The first-order valence-electron chi connectivity index (χ1n) is 1.35. The summed E-state index contributed by atoms with van der Waals surface area (Å²) in [6.07, 6.45) is 6.31. The summed E-state index contributed by atoms with van der Waals surface area (Å²) in [7, 11) is 0. The van der Waals surface area contributed by atoms with Crippen molar-refractivity contribution in [2.75, 3.05) is 0 Å². The van der Waals surface area contributed by atoms with Crippen LogP contribution in [0.2, 0.25) is 0 Å². The second kappa shape index (κ2) is 5.94. The summed E-state index contributed by atoms with van der Waals surface area (Å²) in [5, 5.41) is 0. The van der Waals surface area contributed by atoms with Gasteiger partial charge in [0.25, 0.3) is 0 Å². The molecule has 0 atom stereocenters. The maximum Gasteiger partial charge on any atom is 1.00 e. The molecule has 0 unspecified atom stereocenters. The van der Waals surface area contributed by atoms with E-state index in [4.69, 9.17) is 6.42 Å². The first-order valence-corrected chi connectivity index (χ1v) is 1.35. The molecule has 0 saturated heterocycles. The maximum atomic E-state index is 6.31.